The lowest BCUT2D eigenvalue weighted by Gasteiger charge is -2.30. The van der Waals surface area contributed by atoms with Crippen molar-refractivity contribution in [2.45, 2.75) is 25.7 Å². The van der Waals surface area contributed by atoms with E-state index in [0.717, 1.165) is 13.0 Å². The predicted molar refractivity (Wildman–Crippen MR) is 67.7 cm³/mol. The molecular weight excluding hydrogens is 198 g/mol. The number of hydrogen-bond donors (Lipinski definition) is 1. The highest BCUT2D eigenvalue weighted by Crippen LogP contribution is 2.34. The van der Waals surface area contributed by atoms with Crippen molar-refractivity contribution >= 4 is 11.4 Å². The summed E-state index contributed by atoms with van der Waals surface area (Å²) in [7, 11) is 0. The average Bonchev–Trinajstić information content (AvgIpc) is 2.73. The van der Waals surface area contributed by atoms with Gasteiger partial charge in [-0.2, -0.15) is 0 Å². The molecule has 1 aromatic carbocycles. The van der Waals surface area contributed by atoms with Gasteiger partial charge in [0.05, 0.1) is 5.69 Å². The van der Waals surface area contributed by atoms with Gasteiger partial charge in [0.15, 0.2) is 0 Å². The molecule has 16 heavy (non-hydrogen) atoms. The minimum absolute atomic E-state index is 0.959. The SMILES string of the molecule is NN1CCc2c1cccc2N1CCCCC1. The first-order valence-corrected chi connectivity index (χ1v) is 6.25. The van der Waals surface area contributed by atoms with Crippen molar-refractivity contribution in [1.82, 2.24) is 0 Å². The van der Waals surface area contributed by atoms with Crippen LogP contribution in [0.15, 0.2) is 18.2 Å². The quantitative estimate of drug-likeness (QED) is 0.729. The molecule has 0 spiro atoms. The van der Waals surface area contributed by atoms with Crippen molar-refractivity contribution in [3.8, 4) is 0 Å². The molecule has 2 N–H and O–H groups in total. The number of fused-ring (bicyclic) bond motifs is 1. The Labute approximate surface area is 96.8 Å². The molecular formula is C13H19N3. The second-order valence-electron chi connectivity index (χ2n) is 4.77. The van der Waals surface area contributed by atoms with Crippen molar-refractivity contribution in [2.75, 3.05) is 29.5 Å². The number of rotatable bonds is 1. The zero-order valence-corrected chi connectivity index (χ0v) is 9.65. The number of anilines is 2. The Morgan fingerprint density at radius 3 is 2.50 bits per heavy atom. The monoisotopic (exact) mass is 217 g/mol. The average molecular weight is 217 g/mol. The van der Waals surface area contributed by atoms with E-state index >= 15 is 0 Å². The van der Waals surface area contributed by atoms with Crippen LogP contribution < -0.4 is 15.8 Å². The number of nitrogens with zero attached hydrogens (tertiary/aromatic N) is 2. The highest BCUT2D eigenvalue weighted by molar-refractivity contribution is 5.70. The summed E-state index contributed by atoms with van der Waals surface area (Å²) in [5.74, 6) is 5.96. The van der Waals surface area contributed by atoms with E-state index in [9.17, 15) is 0 Å². The molecule has 0 atom stereocenters. The van der Waals surface area contributed by atoms with E-state index in [4.69, 9.17) is 5.84 Å². The number of benzene rings is 1. The van der Waals surface area contributed by atoms with Crippen molar-refractivity contribution in [2.24, 2.45) is 5.84 Å². The van der Waals surface area contributed by atoms with E-state index in [1.807, 2.05) is 5.01 Å². The molecule has 0 aliphatic carbocycles. The van der Waals surface area contributed by atoms with Crippen LogP contribution in [0, 0.1) is 0 Å². The standard InChI is InChI=1S/C13H19N3/c14-16-10-7-11-12(5-4-6-13(11)16)15-8-2-1-3-9-15/h4-6H,1-3,7-10,14H2. The molecule has 2 heterocycles. The lowest BCUT2D eigenvalue weighted by atomic mass is 10.1. The Hall–Kier alpha value is -1.22. The number of hydrazine groups is 1. The molecule has 3 rings (SSSR count). The maximum absolute atomic E-state index is 5.96. The number of hydrogen-bond acceptors (Lipinski definition) is 3. The smallest absolute Gasteiger partial charge is 0.0570 e. The van der Waals surface area contributed by atoms with Crippen LogP contribution in [0.5, 0.6) is 0 Å². The van der Waals surface area contributed by atoms with Gasteiger partial charge in [0.25, 0.3) is 0 Å². The molecule has 1 fully saturated rings. The molecule has 0 amide bonds. The largest absolute Gasteiger partial charge is 0.371 e. The van der Waals surface area contributed by atoms with E-state index in [0.29, 0.717) is 0 Å². The lowest BCUT2D eigenvalue weighted by molar-refractivity contribution is 0.577. The van der Waals surface area contributed by atoms with Crippen molar-refractivity contribution in [1.29, 1.82) is 0 Å². The van der Waals surface area contributed by atoms with Gasteiger partial charge in [0.1, 0.15) is 0 Å². The summed E-state index contributed by atoms with van der Waals surface area (Å²) >= 11 is 0. The molecule has 86 valence electrons. The second-order valence-corrected chi connectivity index (χ2v) is 4.77. The van der Waals surface area contributed by atoms with Gasteiger partial charge in [-0.05, 0) is 37.8 Å². The van der Waals surface area contributed by atoms with E-state index in [2.05, 4.69) is 23.1 Å². The van der Waals surface area contributed by atoms with Gasteiger partial charge >= 0.3 is 0 Å². The van der Waals surface area contributed by atoms with E-state index < -0.39 is 0 Å². The van der Waals surface area contributed by atoms with Gasteiger partial charge in [-0.1, -0.05) is 6.07 Å². The topological polar surface area (TPSA) is 32.5 Å². The van der Waals surface area contributed by atoms with Gasteiger partial charge < -0.3 is 9.91 Å². The molecule has 3 nitrogen and oxygen atoms in total. The lowest BCUT2D eigenvalue weighted by Crippen LogP contribution is -2.30. The Balaban J connectivity index is 1.95. The summed E-state index contributed by atoms with van der Waals surface area (Å²) < 4.78 is 0. The first-order valence-electron chi connectivity index (χ1n) is 6.25. The van der Waals surface area contributed by atoms with Gasteiger partial charge in [0, 0.05) is 30.9 Å². The fraction of sp³-hybridized carbons (Fsp3) is 0.538. The molecule has 3 heteroatoms. The van der Waals surface area contributed by atoms with Crippen LogP contribution in [0.25, 0.3) is 0 Å². The van der Waals surface area contributed by atoms with Crippen molar-refractivity contribution < 1.29 is 0 Å². The molecule has 0 unspecified atom stereocenters. The van der Waals surface area contributed by atoms with Crippen molar-refractivity contribution in [3.05, 3.63) is 23.8 Å². The van der Waals surface area contributed by atoms with Gasteiger partial charge in [-0.25, -0.2) is 5.84 Å². The van der Waals surface area contributed by atoms with Crippen LogP contribution in [0.4, 0.5) is 11.4 Å². The Morgan fingerprint density at radius 2 is 1.69 bits per heavy atom. The maximum Gasteiger partial charge on any atom is 0.0570 e. The van der Waals surface area contributed by atoms with Crippen LogP contribution >= 0.6 is 0 Å². The molecule has 2 aliphatic rings. The third-order valence-corrected chi connectivity index (χ3v) is 3.74. The first-order chi connectivity index (χ1) is 7.86. The minimum Gasteiger partial charge on any atom is -0.371 e. The highest BCUT2D eigenvalue weighted by atomic mass is 15.4. The molecule has 0 radical (unpaired) electrons. The normalized spacial score (nSPS) is 20.1. The van der Waals surface area contributed by atoms with Crippen LogP contribution in [0.1, 0.15) is 24.8 Å². The zero-order chi connectivity index (χ0) is 11.0. The number of nitrogens with two attached hydrogens (primary N) is 1. The maximum atomic E-state index is 5.96. The molecule has 0 bridgehead atoms. The van der Waals surface area contributed by atoms with Gasteiger partial charge in [-0.15, -0.1) is 0 Å². The molecule has 2 aliphatic heterocycles. The summed E-state index contributed by atoms with van der Waals surface area (Å²) in [6, 6.07) is 6.52. The van der Waals surface area contributed by atoms with Crippen LogP contribution in [-0.2, 0) is 6.42 Å². The van der Waals surface area contributed by atoms with Crippen LogP contribution in [0.3, 0.4) is 0 Å². The summed E-state index contributed by atoms with van der Waals surface area (Å²) in [4.78, 5) is 2.53. The second kappa shape index (κ2) is 3.98. The Morgan fingerprint density at radius 1 is 0.938 bits per heavy atom. The minimum atomic E-state index is 0.959. The van der Waals surface area contributed by atoms with E-state index in [-0.39, 0.29) is 0 Å². The van der Waals surface area contributed by atoms with Crippen LogP contribution in [-0.4, -0.2) is 19.6 Å². The summed E-state index contributed by atoms with van der Waals surface area (Å²) in [5.41, 5.74) is 4.10. The Bertz CT molecular complexity index is 383. The fourth-order valence-electron chi connectivity index (χ4n) is 2.87. The molecule has 0 saturated carbocycles. The molecule has 1 aromatic rings. The predicted octanol–water partition coefficient (Wildman–Crippen LogP) is 1.91. The highest BCUT2D eigenvalue weighted by Gasteiger charge is 2.22. The fourth-order valence-corrected chi connectivity index (χ4v) is 2.87. The Kier molecular flexibility index (Phi) is 2.48. The van der Waals surface area contributed by atoms with Gasteiger partial charge in [0.2, 0.25) is 0 Å². The van der Waals surface area contributed by atoms with Crippen LogP contribution in [0.2, 0.25) is 0 Å². The van der Waals surface area contributed by atoms with Gasteiger partial charge in [-0.3, -0.25) is 0 Å². The molecule has 0 aromatic heterocycles. The third kappa shape index (κ3) is 1.55. The zero-order valence-electron chi connectivity index (χ0n) is 9.65. The molecule has 1 saturated heterocycles. The van der Waals surface area contributed by atoms with E-state index in [1.54, 1.807) is 0 Å². The number of piperidine rings is 1. The summed E-state index contributed by atoms with van der Waals surface area (Å²) in [6.07, 6.45) is 5.14. The third-order valence-electron chi connectivity index (χ3n) is 3.74. The van der Waals surface area contributed by atoms with E-state index in [1.165, 1.54) is 49.3 Å². The van der Waals surface area contributed by atoms with Crippen molar-refractivity contribution in [3.63, 3.8) is 0 Å². The first kappa shape index (κ1) is 9.97. The summed E-state index contributed by atoms with van der Waals surface area (Å²) in [6.45, 7) is 3.38. The summed E-state index contributed by atoms with van der Waals surface area (Å²) in [5, 5.41) is 1.88.